The van der Waals surface area contributed by atoms with Crippen LogP contribution in [0.4, 0.5) is 28.8 Å². The number of aromatic nitrogens is 2. The van der Waals surface area contributed by atoms with Gasteiger partial charge in [0.2, 0.25) is 11.9 Å². The summed E-state index contributed by atoms with van der Waals surface area (Å²) < 4.78 is 1.02. The Kier molecular flexibility index (Phi) is 5.25. The van der Waals surface area contributed by atoms with E-state index in [4.69, 9.17) is 0 Å². The number of benzene rings is 2. The van der Waals surface area contributed by atoms with Crippen molar-refractivity contribution < 1.29 is 4.79 Å². The molecule has 0 radical (unpaired) electrons. The number of halogens is 1. The highest BCUT2D eigenvalue weighted by Crippen LogP contribution is 2.20. The summed E-state index contributed by atoms with van der Waals surface area (Å²) in [6.45, 7) is 1.48. The van der Waals surface area contributed by atoms with Crippen molar-refractivity contribution >= 4 is 50.7 Å². The third-order valence-electron chi connectivity index (χ3n) is 3.23. The van der Waals surface area contributed by atoms with Gasteiger partial charge >= 0.3 is 0 Å². The van der Waals surface area contributed by atoms with Gasteiger partial charge in [-0.25, -0.2) is 4.98 Å². The van der Waals surface area contributed by atoms with E-state index < -0.39 is 0 Å². The van der Waals surface area contributed by atoms with E-state index in [1.54, 1.807) is 12.3 Å². The fourth-order valence-electron chi connectivity index (χ4n) is 2.14. The van der Waals surface area contributed by atoms with Gasteiger partial charge in [-0.1, -0.05) is 15.9 Å². The van der Waals surface area contributed by atoms with Crippen LogP contribution in [0.5, 0.6) is 0 Å². The molecule has 0 unspecified atom stereocenters. The van der Waals surface area contributed by atoms with E-state index in [1.807, 2.05) is 48.5 Å². The minimum Gasteiger partial charge on any atom is -0.340 e. The van der Waals surface area contributed by atoms with Crippen molar-refractivity contribution in [1.29, 1.82) is 0 Å². The Morgan fingerprint density at radius 3 is 2.16 bits per heavy atom. The van der Waals surface area contributed by atoms with Crippen LogP contribution in [-0.2, 0) is 4.79 Å². The summed E-state index contributed by atoms with van der Waals surface area (Å²) in [5, 5.41) is 9.09. The van der Waals surface area contributed by atoms with Crippen LogP contribution < -0.4 is 16.0 Å². The topological polar surface area (TPSA) is 78.9 Å². The average molecular weight is 398 g/mol. The van der Waals surface area contributed by atoms with Gasteiger partial charge in [-0.05, 0) is 54.6 Å². The number of carbonyl (C=O) groups is 1. The highest BCUT2D eigenvalue weighted by molar-refractivity contribution is 9.10. The highest BCUT2D eigenvalue weighted by Gasteiger charge is 2.02. The van der Waals surface area contributed by atoms with E-state index >= 15 is 0 Å². The summed E-state index contributed by atoms with van der Waals surface area (Å²) >= 11 is 3.41. The first-order valence-electron chi connectivity index (χ1n) is 7.59. The molecule has 0 spiro atoms. The Labute approximate surface area is 153 Å². The molecular formula is C18H16BrN5O. The first-order chi connectivity index (χ1) is 12.1. The molecule has 0 saturated heterocycles. The monoisotopic (exact) mass is 397 g/mol. The maximum atomic E-state index is 11.0. The molecule has 0 aliphatic carbocycles. The van der Waals surface area contributed by atoms with Crippen molar-refractivity contribution in [3.05, 3.63) is 65.3 Å². The Bertz CT molecular complexity index is 865. The van der Waals surface area contributed by atoms with Gasteiger partial charge in [-0.3, -0.25) is 4.79 Å². The van der Waals surface area contributed by atoms with Gasteiger partial charge in [0.1, 0.15) is 5.82 Å². The van der Waals surface area contributed by atoms with Crippen LogP contribution in [0.25, 0.3) is 0 Å². The van der Waals surface area contributed by atoms with E-state index in [2.05, 4.69) is 41.8 Å². The quantitative estimate of drug-likeness (QED) is 0.582. The zero-order chi connectivity index (χ0) is 17.6. The molecule has 0 aliphatic heterocycles. The number of nitrogens with zero attached hydrogens (tertiary/aromatic N) is 2. The lowest BCUT2D eigenvalue weighted by molar-refractivity contribution is -0.114. The van der Waals surface area contributed by atoms with Gasteiger partial charge in [0.25, 0.3) is 0 Å². The molecule has 126 valence electrons. The summed E-state index contributed by atoms with van der Waals surface area (Å²) in [5.74, 6) is 1.07. The average Bonchev–Trinajstić information content (AvgIpc) is 2.59. The van der Waals surface area contributed by atoms with Crippen molar-refractivity contribution in [2.45, 2.75) is 6.92 Å². The van der Waals surface area contributed by atoms with Crippen LogP contribution in [0, 0.1) is 0 Å². The van der Waals surface area contributed by atoms with Crippen LogP contribution >= 0.6 is 15.9 Å². The molecule has 2 aromatic carbocycles. The largest absolute Gasteiger partial charge is 0.340 e. The maximum Gasteiger partial charge on any atom is 0.229 e. The molecule has 0 bridgehead atoms. The molecule has 0 atom stereocenters. The summed E-state index contributed by atoms with van der Waals surface area (Å²) in [6, 6.07) is 17.0. The van der Waals surface area contributed by atoms with Crippen LogP contribution in [-0.4, -0.2) is 15.9 Å². The molecule has 0 saturated carbocycles. The lowest BCUT2D eigenvalue weighted by Gasteiger charge is -2.09. The molecule has 1 amide bonds. The van der Waals surface area contributed by atoms with Crippen molar-refractivity contribution in [1.82, 2.24) is 9.97 Å². The minimum atomic E-state index is -0.101. The summed E-state index contributed by atoms with van der Waals surface area (Å²) in [7, 11) is 0. The second kappa shape index (κ2) is 7.76. The Morgan fingerprint density at radius 1 is 0.880 bits per heavy atom. The Hall–Kier alpha value is -2.93. The van der Waals surface area contributed by atoms with Gasteiger partial charge in [-0.15, -0.1) is 0 Å². The van der Waals surface area contributed by atoms with Gasteiger partial charge in [0.05, 0.1) is 0 Å². The zero-order valence-electron chi connectivity index (χ0n) is 13.5. The second-order valence-electron chi connectivity index (χ2n) is 5.28. The number of hydrogen-bond donors (Lipinski definition) is 3. The van der Waals surface area contributed by atoms with E-state index in [0.29, 0.717) is 11.8 Å². The molecule has 25 heavy (non-hydrogen) atoms. The van der Waals surface area contributed by atoms with Gasteiger partial charge < -0.3 is 16.0 Å². The molecule has 3 aromatic rings. The SMILES string of the molecule is CC(=O)Nc1ccc(Nc2nccc(Nc3ccc(Br)cc3)n2)cc1. The standard InChI is InChI=1S/C18H16BrN5O/c1-12(25)21-14-6-8-16(9-7-14)23-18-20-11-10-17(24-18)22-15-4-2-13(19)3-5-15/h2-11H,1H3,(H,21,25)(H2,20,22,23,24). The molecular weight excluding hydrogens is 382 g/mol. The lowest BCUT2D eigenvalue weighted by Crippen LogP contribution is -2.05. The third kappa shape index (κ3) is 5.02. The predicted molar refractivity (Wildman–Crippen MR) is 103 cm³/mol. The van der Waals surface area contributed by atoms with Gasteiger partial charge in [0, 0.05) is 34.7 Å². The van der Waals surface area contributed by atoms with Crippen LogP contribution in [0.1, 0.15) is 6.92 Å². The number of anilines is 5. The number of rotatable bonds is 5. The van der Waals surface area contributed by atoms with E-state index in [9.17, 15) is 4.79 Å². The molecule has 3 rings (SSSR count). The molecule has 0 aliphatic rings. The first kappa shape index (κ1) is 16.9. The smallest absolute Gasteiger partial charge is 0.229 e. The molecule has 3 N–H and O–H groups in total. The predicted octanol–water partition coefficient (Wildman–Crippen LogP) is 4.68. The minimum absolute atomic E-state index is 0.101. The molecule has 0 fully saturated rings. The van der Waals surface area contributed by atoms with E-state index in [1.165, 1.54) is 6.92 Å². The second-order valence-corrected chi connectivity index (χ2v) is 6.20. The first-order valence-corrected chi connectivity index (χ1v) is 8.38. The third-order valence-corrected chi connectivity index (χ3v) is 3.76. The fourth-order valence-corrected chi connectivity index (χ4v) is 2.40. The van der Waals surface area contributed by atoms with Crippen molar-refractivity contribution in [2.75, 3.05) is 16.0 Å². The zero-order valence-corrected chi connectivity index (χ0v) is 15.0. The van der Waals surface area contributed by atoms with E-state index in [0.717, 1.165) is 21.5 Å². The lowest BCUT2D eigenvalue weighted by atomic mass is 10.3. The number of carbonyl (C=O) groups excluding carboxylic acids is 1. The number of nitrogens with one attached hydrogen (secondary N) is 3. The van der Waals surface area contributed by atoms with Crippen molar-refractivity contribution in [2.24, 2.45) is 0 Å². The van der Waals surface area contributed by atoms with Gasteiger partial charge in [0.15, 0.2) is 0 Å². The van der Waals surface area contributed by atoms with Crippen LogP contribution in [0.2, 0.25) is 0 Å². The molecule has 6 nitrogen and oxygen atoms in total. The van der Waals surface area contributed by atoms with Gasteiger partial charge in [-0.2, -0.15) is 4.98 Å². The number of amides is 1. The van der Waals surface area contributed by atoms with Crippen LogP contribution in [0.15, 0.2) is 65.3 Å². The normalized spacial score (nSPS) is 10.2. The molecule has 1 aromatic heterocycles. The van der Waals surface area contributed by atoms with Crippen molar-refractivity contribution in [3.63, 3.8) is 0 Å². The van der Waals surface area contributed by atoms with Crippen LogP contribution in [0.3, 0.4) is 0 Å². The summed E-state index contributed by atoms with van der Waals surface area (Å²) in [6.07, 6.45) is 1.68. The fraction of sp³-hybridized carbons (Fsp3) is 0.0556. The Balaban J connectivity index is 1.68. The summed E-state index contributed by atoms with van der Waals surface area (Å²) in [5.41, 5.74) is 2.51. The summed E-state index contributed by atoms with van der Waals surface area (Å²) in [4.78, 5) is 19.7. The molecule has 1 heterocycles. The van der Waals surface area contributed by atoms with Crippen molar-refractivity contribution in [3.8, 4) is 0 Å². The highest BCUT2D eigenvalue weighted by atomic mass is 79.9. The maximum absolute atomic E-state index is 11.0. The Morgan fingerprint density at radius 2 is 1.48 bits per heavy atom. The van der Waals surface area contributed by atoms with E-state index in [-0.39, 0.29) is 5.91 Å². The number of hydrogen-bond acceptors (Lipinski definition) is 5. The molecule has 7 heteroatoms.